The maximum atomic E-state index is 5.00. The smallest absolute Gasteiger partial charge is 0.148 e. The third kappa shape index (κ3) is 1.53. The molecule has 0 saturated carbocycles. The van der Waals surface area contributed by atoms with Gasteiger partial charge in [0.05, 0.1) is 7.11 Å². The van der Waals surface area contributed by atoms with Crippen LogP contribution < -0.4 is 10.2 Å². The van der Waals surface area contributed by atoms with E-state index in [2.05, 4.69) is 7.28 Å². The van der Waals surface area contributed by atoms with Gasteiger partial charge in [-0.2, -0.15) is 0 Å². The van der Waals surface area contributed by atoms with Crippen molar-refractivity contribution >= 4 is 12.7 Å². The van der Waals surface area contributed by atoms with Crippen molar-refractivity contribution in [3.63, 3.8) is 0 Å². The lowest BCUT2D eigenvalue weighted by Crippen LogP contribution is -2.08. The summed E-state index contributed by atoms with van der Waals surface area (Å²) in [6.07, 6.45) is 0. The van der Waals surface area contributed by atoms with Crippen LogP contribution in [0.2, 0.25) is 6.82 Å². The zero-order valence-corrected chi connectivity index (χ0v) is 6.29. The number of methoxy groups -OCH3 is 1. The molecule has 51 valence electrons. The van der Waals surface area contributed by atoms with Gasteiger partial charge >= 0.3 is 0 Å². The second-order valence-electron chi connectivity index (χ2n) is 2.06. The Balaban J connectivity index is 2.80. The topological polar surface area (TPSA) is 9.23 Å². The van der Waals surface area contributed by atoms with Gasteiger partial charge in [-0.15, -0.1) is 0 Å². The van der Waals surface area contributed by atoms with Gasteiger partial charge in [-0.25, -0.2) is 0 Å². The van der Waals surface area contributed by atoms with Gasteiger partial charge in [-0.05, 0) is 12.1 Å². The minimum absolute atomic E-state index is 0.908. The molecule has 0 aliphatic carbocycles. The number of hydrogen-bond donors (Lipinski definition) is 0. The predicted molar refractivity (Wildman–Crippen MR) is 44.2 cm³/mol. The number of hydrogen-bond acceptors (Lipinski definition) is 1. The minimum Gasteiger partial charge on any atom is -0.497 e. The molecule has 1 nitrogen and oxygen atoms in total. The van der Waals surface area contributed by atoms with E-state index in [4.69, 9.17) is 4.74 Å². The van der Waals surface area contributed by atoms with Gasteiger partial charge < -0.3 is 4.74 Å². The maximum Gasteiger partial charge on any atom is 0.148 e. The molecule has 0 fully saturated rings. The Morgan fingerprint density at radius 1 is 1.20 bits per heavy atom. The fourth-order valence-electron chi connectivity index (χ4n) is 0.796. The largest absolute Gasteiger partial charge is 0.497 e. The molecule has 1 aromatic rings. The molecule has 0 unspecified atom stereocenters. The molecule has 0 atom stereocenters. The van der Waals surface area contributed by atoms with Crippen molar-refractivity contribution < 1.29 is 4.74 Å². The molecular weight excluding hydrogens is 123 g/mol. The van der Waals surface area contributed by atoms with Crippen LogP contribution in [0.1, 0.15) is 0 Å². The molecular formula is C8H10BO. The van der Waals surface area contributed by atoms with Crippen molar-refractivity contribution in [2.45, 2.75) is 6.82 Å². The van der Waals surface area contributed by atoms with E-state index < -0.39 is 0 Å². The van der Waals surface area contributed by atoms with E-state index in [1.54, 1.807) is 7.11 Å². The zero-order valence-electron chi connectivity index (χ0n) is 6.29. The lowest BCUT2D eigenvalue weighted by molar-refractivity contribution is 0.415. The van der Waals surface area contributed by atoms with E-state index in [0.29, 0.717) is 0 Å². The molecule has 0 aliphatic heterocycles. The molecule has 0 N–H and O–H groups in total. The highest BCUT2D eigenvalue weighted by molar-refractivity contribution is 6.51. The molecule has 1 radical (unpaired) electrons. The molecule has 10 heavy (non-hydrogen) atoms. The maximum absolute atomic E-state index is 5.00. The van der Waals surface area contributed by atoms with E-state index in [-0.39, 0.29) is 0 Å². The van der Waals surface area contributed by atoms with Crippen LogP contribution in [0, 0.1) is 0 Å². The van der Waals surface area contributed by atoms with Gasteiger partial charge in [0.25, 0.3) is 0 Å². The van der Waals surface area contributed by atoms with E-state index in [9.17, 15) is 0 Å². The van der Waals surface area contributed by atoms with E-state index >= 15 is 0 Å². The van der Waals surface area contributed by atoms with Crippen LogP contribution in [0.4, 0.5) is 0 Å². The van der Waals surface area contributed by atoms with Gasteiger partial charge in [-0.1, -0.05) is 24.4 Å². The highest BCUT2D eigenvalue weighted by Gasteiger charge is 1.89. The first kappa shape index (κ1) is 7.20. The van der Waals surface area contributed by atoms with Crippen LogP contribution in [-0.4, -0.2) is 14.4 Å². The van der Waals surface area contributed by atoms with E-state index in [1.807, 2.05) is 31.1 Å². The van der Waals surface area contributed by atoms with Crippen LogP contribution in [-0.2, 0) is 0 Å². The monoisotopic (exact) mass is 133 g/mol. The average Bonchev–Trinajstić information content (AvgIpc) is 2.05. The van der Waals surface area contributed by atoms with Crippen molar-refractivity contribution in [1.29, 1.82) is 0 Å². The summed E-state index contributed by atoms with van der Waals surface area (Å²) in [5.41, 5.74) is 1.22. The summed E-state index contributed by atoms with van der Waals surface area (Å²) in [6, 6.07) is 7.96. The zero-order chi connectivity index (χ0) is 7.40. The Morgan fingerprint density at radius 2 is 1.80 bits per heavy atom. The van der Waals surface area contributed by atoms with Gasteiger partial charge in [0.1, 0.15) is 13.0 Å². The summed E-state index contributed by atoms with van der Waals surface area (Å²) >= 11 is 0. The van der Waals surface area contributed by atoms with Crippen LogP contribution in [0.5, 0.6) is 5.75 Å². The average molecular weight is 133 g/mol. The van der Waals surface area contributed by atoms with Crippen molar-refractivity contribution in [3.05, 3.63) is 24.3 Å². The van der Waals surface area contributed by atoms with Crippen molar-refractivity contribution in [3.8, 4) is 5.75 Å². The van der Waals surface area contributed by atoms with Gasteiger partial charge in [0, 0.05) is 0 Å². The van der Waals surface area contributed by atoms with Crippen LogP contribution in [0.3, 0.4) is 0 Å². The first-order valence-electron chi connectivity index (χ1n) is 3.30. The number of rotatable bonds is 2. The lowest BCUT2D eigenvalue weighted by atomic mass is 9.73. The van der Waals surface area contributed by atoms with E-state index in [1.165, 1.54) is 5.46 Å². The molecule has 0 bridgehead atoms. The van der Waals surface area contributed by atoms with Crippen LogP contribution >= 0.6 is 0 Å². The Labute approximate surface area is 62.3 Å². The molecule has 2 heteroatoms. The normalized spacial score (nSPS) is 9.00. The molecule has 0 saturated heterocycles. The summed E-state index contributed by atoms with van der Waals surface area (Å²) in [4.78, 5) is 0. The van der Waals surface area contributed by atoms with Crippen LogP contribution in [0.25, 0.3) is 0 Å². The Bertz CT molecular complexity index is 170. The van der Waals surface area contributed by atoms with E-state index in [0.717, 1.165) is 5.75 Å². The van der Waals surface area contributed by atoms with Gasteiger partial charge in [-0.3, -0.25) is 0 Å². The highest BCUT2D eigenvalue weighted by atomic mass is 16.5. The van der Waals surface area contributed by atoms with Crippen molar-refractivity contribution in [2.24, 2.45) is 0 Å². The fourth-order valence-corrected chi connectivity index (χ4v) is 0.796. The lowest BCUT2D eigenvalue weighted by Gasteiger charge is -1.98. The fraction of sp³-hybridized carbons (Fsp3) is 0.250. The number of ether oxygens (including phenoxy) is 1. The summed E-state index contributed by atoms with van der Waals surface area (Å²) in [6.45, 7) is 2.02. The van der Waals surface area contributed by atoms with Crippen LogP contribution in [0.15, 0.2) is 24.3 Å². The quantitative estimate of drug-likeness (QED) is 0.548. The predicted octanol–water partition coefficient (Wildman–Crippen LogP) is 1.07. The first-order chi connectivity index (χ1) is 4.86. The summed E-state index contributed by atoms with van der Waals surface area (Å²) in [5, 5.41) is 0. The third-order valence-electron chi connectivity index (χ3n) is 1.45. The van der Waals surface area contributed by atoms with Crippen molar-refractivity contribution in [1.82, 2.24) is 0 Å². The second kappa shape index (κ2) is 3.30. The molecule has 1 aromatic carbocycles. The SMILES string of the molecule is C[B]c1ccc(OC)cc1. The highest BCUT2D eigenvalue weighted by Crippen LogP contribution is 2.04. The number of benzene rings is 1. The summed E-state index contributed by atoms with van der Waals surface area (Å²) in [7, 11) is 3.73. The second-order valence-corrected chi connectivity index (χ2v) is 2.06. The summed E-state index contributed by atoms with van der Waals surface area (Å²) in [5.74, 6) is 0.908. The molecule has 1 rings (SSSR count). The Morgan fingerprint density at radius 3 is 2.20 bits per heavy atom. The Hall–Kier alpha value is -0.915. The summed E-state index contributed by atoms with van der Waals surface area (Å²) < 4.78 is 5.00. The van der Waals surface area contributed by atoms with Gasteiger partial charge in [0.2, 0.25) is 0 Å². The molecule has 0 spiro atoms. The molecule has 0 heterocycles. The van der Waals surface area contributed by atoms with Gasteiger partial charge in [0.15, 0.2) is 0 Å². The molecule has 0 aromatic heterocycles. The van der Waals surface area contributed by atoms with Crippen molar-refractivity contribution in [2.75, 3.05) is 7.11 Å². The minimum atomic E-state index is 0.908. The standard InChI is InChI=1S/C8H10BO/c1-9-7-3-5-8(10-2)6-4-7/h3-6H,1-2H3. The third-order valence-corrected chi connectivity index (χ3v) is 1.45. The first-order valence-corrected chi connectivity index (χ1v) is 3.30. The molecule has 0 aliphatic rings. The Kier molecular flexibility index (Phi) is 2.38. The molecule has 0 amide bonds.